The maximum absolute atomic E-state index is 13.2. The Hall–Kier alpha value is -1.06. The monoisotopic (exact) mass is 292 g/mol. The fourth-order valence-electron chi connectivity index (χ4n) is 4.32. The summed E-state index contributed by atoms with van der Waals surface area (Å²) >= 11 is 0. The molecule has 0 aromatic rings. The third kappa shape index (κ3) is 2.27. The van der Waals surface area contributed by atoms with Crippen molar-refractivity contribution in [2.45, 2.75) is 83.8 Å². The summed E-state index contributed by atoms with van der Waals surface area (Å²) in [6.07, 6.45) is 6.66. The minimum atomic E-state index is -0.670. The molecule has 1 heterocycles. The number of piperazine rings is 1. The van der Waals surface area contributed by atoms with Crippen LogP contribution in [0.3, 0.4) is 0 Å². The summed E-state index contributed by atoms with van der Waals surface area (Å²) in [5.41, 5.74) is -0.568. The van der Waals surface area contributed by atoms with Crippen LogP contribution in [0.25, 0.3) is 0 Å². The second-order valence-corrected chi connectivity index (χ2v) is 8.10. The van der Waals surface area contributed by atoms with E-state index in [-0.39, 0.29) is 29.3 Å². The SMILES string of the molecule is CC1C(=O)NC(C)(C2CC2)C(=O)N1C1CCCCC1(C)C. The normalized spacial score (nSPS) is 40.1. The number of hydrogen-bond acceptors (Lipinski definition) is 2. The highest BCUT2D eigenvalue weighted by molar-refractivity contribution is 6.00. The second kappa shape index (κ2) is 4.72. The van der Waals surface area contributed by atoms with Gasteiger partial charge in [0.1, 0.15) is 11.6 Å². The standard InChI is InChI=1S/C17H28N2O2/c1-11-14(20)18-17(4,12-8-9-12)15(21)19(11)13-7-5-6-10-16(13,2)3/h11-13H,5-10H2,1-4H3,(H,18,20). The quantitative estimate of drug-likeness (QED) is 0.850. The molecule has 2 aliphatic carbocycles. The van der Waals surface area contributed by atoms with Crippen molar-refractivity contribution in [1.29, 1.82) is 0 Å². The minimum Gasteiger partial charge on any atom is -0.340 e. The summed E-state index contributed by atoms with van der Waals surface area (Å²) in [5, 5.41) is 3.02. The third-order valence-electron chi connectivity index (χ3n) is 6.04. The molecule has 1 N–H and O–H groups in total. The van der Waals surface area contributed by atoms with Crippen molar-refractivity contribution in [3.05, 3.63) is 0 Å². The first kappa shape index (κ1) is 14.9. The van der Waals surface area contributed by atoms with Gasteiger partial charge in [0, 0.05) is 6.04 Å². The molecule has 3 aliphatic rings. The van der Waals surface area contributed by atoms with Crippen molar-refractivity contribution in [1.82, 2.24) is 10.2 Å². The van der Waals surface area contributed by atoms with E-state index in [9.17, 15) is 9.59 Å². The molecule has 3 unspecified atom stereocenters. The summed E-state index contributed by atoms with van der Waals surface area (Å²) in [4.78, 5) is 27.6. The van der Waals surface area contributed by atoms with Crippen molar-refractivity contribution in [2.75, 3.05) is 0 Å². The molecule has 118 valence electrons. The van der Waals surface area contributed by atoms with Gasteiger partial charge in [0.2, 0.25) is 11.8 Å². The number of amides is 2. The van der Waals surface area contributed by atoms with Crippen molar-refractivity contribution in [3.8, 4) is 0 Å². The van der Waals surface area contributed by atoms with E-state index < -0.39 is 5.54 Å². The van der Waals surface area contributed by atoms with Crippen molar-refractivity contribution >= 4 is 11.8 Å². The smallest absolute Gasteiger partial charge is 0.249 e. The largest absolute Gasteiger partial charge is 0.340 e. The van der Waals surface area contributed by atoms with Crippen molar-refractivity contribution in [2.24, 2.45) is 11.3 Å². The number of hydrogen-bond donors (Lipinski definition) is 1. The predicted molar refractivity (Wildman–Crippen MR) is 81.6 cm³/mol. The molecule has 4 heteroatoms. The second-order valence-electron chi connectivity index (χ2n) is 8.10. The predicted octanol–water partition coefficient (Wildman–Crippen LogP) is 2.47. The van der Waals surface area contributed by atoms with Gasteiger partial charge in [-0.3, -0.25) is 9.59 Å². The zero-order valence-electron chi connectivity index (χ0n) is 13.7. The van der Waals surface area contributed by atoms with Crippen LogP contribution in [0.5, 0.6) is 0 Å². The average Bonchev–Trinajstić information content (AvgIpc) is 3.23. The van der Waals surface area contributed by atoms with E-state index in [1.807, 2.05) is 18.7 Å². The molecule has 4 nitrogen and oxygen atoms in total. The highest BCUT2D eigenvalue weighted by Crippen LogP contribution is 2.46. The molecule has 21 heavy (non-hydrogen) atoms. The fourth-order valence-corrected chi connectivity index (χ4v) is 4.32. The summed E-state index contributed by atoms with van der Waals surface area (Å²) in [5.74, 6) is 0.498. The van der Waals surface area contributed by atoms with Crippen LogP contribution in [0.1, 0.15) is 66.2 Å². The zero-order chi connectivity index (χ0) is 15.4. The molecule has 3 atom stereocenters. The Kier molecular flexibility index (Phi) is 3.34. The summed E-state index contributed by atoms with van der Waals surface area (Å²) in [6.45, 7) is 8.31. The molecule has 1 saturated heterocycles. The van der Waals surface area contributed by atoms with E-state index >= 15 is 0 Å². The number of carbonyl (C=O) groups excluding carboxylic acids is 2. The Morgan fingerprint density at radius 1 is 1.10 bits per heavy atom. The van der Waals surface area contributed by atoms with E-state index in [0.717, 1.165) is 32.1 Å². The molecule has 3 fully saturated rings. The van der Waals surface area contributed by atoms with Gasteiger partial charge >= 0.3 is 0 Å². The van der Waals surface area contributed by atoms with E-state index in [4.69, 9.17) is 0 Å². The van der Waals surface area contributed by atoms with Crippen LogP contribution >= 0.6 is 0 Å². The van der Waals surface area contributed by atoms with E-state index in [1.54, 1.807) is 0 Å². The summed E-state index contributed by atoms with van der Waals surface area (Å²) in [6, 6.07) is -0.149. The van der Waals surface area contributed by atoms with Crippen LogP contribution in [-0.4, -0.2) is 34.3 Å². The summed E-state index contributed by atoms with van der Waals surface area (Å²) in [7, 11) is 0. The lowest BCUT2D eigenvalue weighted by molar-refractivity contribution is -0.162. The highest BCUT2D eigenvalue weighted by Gasteiger charge is 2.57. The Bertz CT molecular complexity index is 469. The van der Waals surface area contributed by atoms with Crippen molar-refractivity contribution < 1.29 is 9.59 Å². The lowest BCUT2D eigenvalue weighted by Gasteiger charge is -2.52. The van der Waals surface area contributed by atoms with Crippen LogP contribution in [0.4, 0.5) is 0 Å². The van der Waals surface area contributed by atoms with Gasteiger partial charge in [-0.1, -0.05) is 26.7 Å². The number of rotatable bonds is 2. The lowest BCUT2D eigenvalue weighted by atomic mass is 9.71. The molecule has 2 saturated carbocycles. The van der Waals surface area contributed by atoms with Gasteiger partial charge in [-0.2, -0.15) is 0 Å². The van der Waals surface area contributed by atoms with Gasteiger partial charge in [0.05, 0.1) is 0 Å². The number of nitrogens with one attached hydrogen (secondary N) is 1. The molecule has 1 aliphatic heterocycles. The van der Waals surface area contributed by atoms with Gasteiger partial charge in [0.15, 0.2) is 0 Å². The fraction of sp³-hybridized carbons (Fsp3) is 0.882. The molecule has 0 radical (unpaired) electrons. The molecule has 0 aromatic carbocycles. The van der Waals surface area contributed by atoms with Crippen LogP contribution in [0.2, 0.25) is 0 Å². The number of carbonyl (C=O) groups is 2. The van der Waals surface area contributed by atoms with Crippen LogP contribution in [0.15, 0.2) is 0 Å². The highest BCUT2D eigenvalue weighted by atomic mass is 16.2. The molecule has 2 amide bonds. The van der Waals surface area contributed by atoms with Gasteiger partial charge in [-0.25, -0.2) is 0 Å². The topological polar surface area (TPSA) is 49.4 Å². The lowest BCUT2D eigenvalue weighted by Crippen LogP contribution is -2.72. The Morgan fingerprint density at radius 2 is 1.76 bits per heavy atom. The van der Waals surface area contributed by atoms with E-state index in [0.29, 0.717) is 5.92 Å². The molecule has 3 rings (SSSR count). The average molecular weight is 292 g/mol. The maximum Gasteiger partial charge on any atom is 0.249 e. The maximum atomic E-state index is 13.2. The van der Waals surface area contributed by atoms with Gasteiger partial charge < -0.3 is 10.2 Å². The van der Waals surface area contributed by atoms with Crippen LogP contribution in [-0.2, 0) is 9.59 Å². The summed E-state index contributed by atoms with van der Waals surface area (Å²) < 4.78 is 0. The Labute approximate surface area is 127 Å². The van der Waals surface area contributed by atoms with Gasteiger partial charge in [-0.15, -0.1) is 0 Å². The van der Waals surface area contributed by atoms with Crippen LogP contribution < -0.4 is 5.32 Å². The first-order chi connectivity index (χ1) is 9.77. The first-order valence-corrected chi connectivity index (χ1v) is 8.42. The van der Waals surface area contributed by atoms with E-state index in [2.05, 4.69) is 19.2 Å². The van der Waals surface area contributed by atoms with E-state index in [1.165, 1.54) is 6.42 Å². The van der Waals surface area contributed by atoms with Crippen LogP contribution in [0, 0.1) is 11.3 Å². The molecule has 0 spiro atoms. The van der Waals surface area contributed by atoms with Gasteiger partial charge in [0.25, 0.3) is 0 Å². The number of nitrogens with zero attached hydrogens (tertiary/aromatic N) is 1. The minimum absolute atomic E-state index is 0.0189. The first-order valence-electron chi connectivity index (χ1n) is 8.42. The third-order valence-corrected chi connectivity index (χ3v) is 6.04. The molecular weight excluding hydrogens is 264 g/mol. The zero-order valence-corrected chi connectivity index (χ0v) is 13.7. The van der Waals surface area contributed by atoms with Crippen molar-refractivity contribution in [3.63, 3.8) is 0 Å². The Balaban J connectivity index is 1.94. The molecular formula is C17H28N2O2. The van der Waals surface area contributed by atoms with Gasteiger partial charge in [-0.05, 0) is 50.9 Å². The Morgan fingerprint density at radius 3 is 2.33 bits per heavy atom. The molecule has 0 bridgehead atoms. The molecule has 0 aromatic heterocycles.